The van der Waals surface area contributed by atoms with E-state index < -0.39 is 12.1 Å². The molecule has 0 saturated carbocycles. The van der Waals surface area contributed by atoms with Crippen LogP contribution in [0.2, 0.25) is 0 Å². The van der Waals surface area contributed by atoms with Gasteiger partial charge in [0.25, 0.3) is 0 Å². The number of aliphatic hydroxyl groups excluding tert-OH is 2. The van der Waals surface area contributed by atoms with Gasteiger partial charge in [0.05, 0.1) is 25.4 Å². The smallest absolute Gasteiger partial charge is 0.305 e. The summed E-state index contributed by atoms with van der Waals surface area (Å²) in [6.45, 7) is 4.96. The van der Waals surface area contributed by atoms with Crippen molar-refractivity contribution < 1.29 is 24.5 Å². The van der Waals surface area contributed by atoms with Crippen LogP contribution < -0.4 is 5.32 Å². The predicted molar refractivity (Wildman–Crippen MR) is 361 cm³/mol. The number of amides is 1. The fourth-order valence-corrected chi connectivity index (χ4v) is 12.3. The first-order valence-electron chi connectivity index (χ1n) is 37.9. The van der Waals surface area contributed by atoms with Crippen LogP contribution in [0, 0.1) is 0 Å². The zero-order chi connectivity index (χ0) is 59.2. The van der Waals surface area contributed by atoms with Crippen molar-refractivity contribution in [3.8, 4) is 0 Å². The summed E-state index contributed by atoms with van der Waals surface area (Å²) in [5.41, 5.74) is 0. The van der Waals surface area contributed by atoms with Gasteiger partial charge in [-0.1, -0.05) is 392 Å². The topological polar surface area (TPSA) is 95.9 Å². The second-order valence-electron chi connectivity index (χ2n) is 26.3. The van der Waals surface area contributed by atoms with Gasteiger partial charge in [0.2, 0.25) is 5.91 Å². The van der Waals surface area contributed by atoms with Crippen LogP contribution in [0.25, 0.3) is 0 Å². The molecule has 2 unspecified atom stereocenters. The van der Waals surface area contributed by atoms with Gasteiger partial charge in [-0.2, -0.15) is 0 Å². The van der Waals surface area contributed by atoms with Crippen molar-refractivity contribution in [1.82, 2.24) is 5.32 Å². The molecule has 82 heavy (non-hydrogen) atoms. The maximum Gasteiger partial charge on any atom is 0.305 e. The van der Waals surface area contributed by atoms with E-state index in [9.17, 15) is 19.8 Å². The number of unbranched alkanes of at least 4 members (excludes halogenated alkanes) is 59. The van der Waals surface area contributed by atoms with E-state index in [4.69, 9.17) is 4.74 Å². The molecule has 0 aliphatic carbocycles. The number of hydrogen-bond donors (Lipinski definition) is 3. The molecule has 0 spiro atoms. The van der Waals surface area contributed by atoms with Crippen LogP contribution in [0.15, 0.2) is 12.2 Å². The number of carbonyl (C=O) groups is 2. The molecule has 1 amide bonds. The number of allylic oxidation sites excluding steroid dienone is 2. The maximum absolute atomic E-state index is 12.5. The molecule has 0 heterocycles. The minimum absolute atomic E-state index is 0.0123. The zero-order valence-electron chi connectivity index (χ0n) is 56.0. The van der Waals surface area contributed by atoms with Gasteiger partial charge in [0, 0.05) is 12.8 Å². The number of nitrogens with one attached hydrogen (secondary N) is 1. The van der Waals surface area contributed by atoms with Crippen LogP contribution >= 0.6 is 0 Å². The number of rotatable bonds is 72. The van der Waals surface area contributed by atoms with E-state index in [-0.39, 0.29) is 18.5 Å². The second kappa shape index (κ2) is 72.1. The minimum Gasteiger partial charge on any atom is -0.466 e. The normalized spacial score (nSPS) is 12.5. The van der Waals surface area contributed by atoms with Gasteiger partial charge < -0.3 is 20.3 Å². The zero-order valence-corrected chi connectivity index (χ0v) is 56.0. The van der Waals surface area contributed by atoms with E-state index in [2.05, 4.69) is 31.3 Å². The Morgan fingerprint density at radius 1 is 0.329 bits per heavy atom. The molecule has 0 aromatic carbocycles. The van der Waals surface area contributed by atoms with Crippen molar-refractivity contribution in [3.05, 3.63) is 12.2 Å². The monoisotopic (exact) mass is 1160 g/mol. The molecule has 488 valence electrons. The summed E-state index contributed by atoms with van der Waals surface area (Å²) < 4.78 is 5.47. The molecule has 0 aliphatic heterocycles. The van der Waals surface area contributed by atoms with Crippen molar-refractivity contribution in [2.24, 2.45) is 0 Å². The van der Waals surface area contributed by atoms with Crippen LogP contribution in [0.5, 0.6) is 0 Å². The molecule has 0 saturated heterocycles. The van der Waals surface area contributed by atoms with E-state index >= 15 is 0 Å². The lowest BCUT2D eigenvalue weighted by molar-refractivity contribution is -0.143. The Balaban J connectivity index is 3.31. The summed E-state index contributed by atoms with van der Waals surface area (Å²) in [6.07, 6.45) is 90.1. The highest BCUT2D eigenvalue weighted by Crippen LogP contribution is 2.20. The van der Waals surface area contributed by atoms with Gasteiger partial charge in [-0.3, -0.25) is 9.59 Å². The Morgan fingerprint density at radius 3 is 0.902 bits per heavy atom. The highest BCUT2D eigenvalue weighted by molar-refractivity contribution is 5.76. The molecule has 0 rings (SSSR count). The molecule has 0 aromatic rings. The van der Waals surface area contributed by atoms with Crippen LogP contribution in [-0.4, -0.2) is 47.4 Å². The summed E-state index contributed by atoms with van der Waals surface area (Å²) in [6, 6.07) is -0.537. The maximum atomic E-state index is 12.5. The molecule has 0 aromatic heterocycles. The van der Waals surface area contributed by atoms with E-state index in [1.54, 1.807) is 0 Å². The van der Waals surface area contributed by atoms with E-state index in [1.165, 1.54) is 360 Å². The largest absolute Gasteiger partial charge is 0.466 e. The number of carbonyl (C=O) groups excluding carboxylic acids is 2. The molecule has 0 aliphatic rings. The molecule has 2 atom stereocenters. The molecular weight excluding hydrogens is 1010 g/mol. The van der Waals surface area contributed by atoms with Crippen molar-refractivity contribution >= 4 is 11.9 Å². The fraction of sp³-hybridized carbons (Fsp3) is 0.947. The van der Waals surface area contributed by atoms with Gasteiger partial charge in [0.1, 0.15) is 0 Å². The molecular formula is C76H149NO5. The standard InChI is InChI=1S/C76H149NO5/c1-3-5-7-9-11-13-15-16-17-18-36-39-42-45-49-52-56-60-64-68-74(79)73(72-78)77-75(80)69-65-61-57-53-50-46-43-40-37-34-32-30-28-26-24-22-20-19-21-23-25-27-29-31-33-35-38-41-44-47-51-55-59-63-67-71-82-76(81)70-66-62-58-54-48-14-12-10-8-6-4-2/h10,12,73-74,78-79H,3-9,11,13-72H2,1-2H3,(H,77,80)/b12-10-. The third kappa shape index (κ3) is 67.7. The average Bonchev–Trinajstić information content (AvgIpc) is 3.48. The summed E-state index contributed by atoms with van der Waals surface area (Å²) in [4.78, 5) is 24.6. The average molecular weight is 1160 g/mol. The van der Waals surface area contributed by atoms with Crippen molar-refractivity contribution in [3.63, 3.8) is 0 Å². The first-order valence-corrected chi connectivity index (χ1v) is 37.9. The summed E-state index contributed by atoms with van der Waals surface area (Å²) in [7, 11) is 0. The third-order valence-corrected chi connectivity index (χ3v) is 18.1. The molecule has 3 N–H and O–H groups in total. The van der Waals surface area contributed by atoms with Crippen molar-refractivity contribution in [1.29, 1.82) is 0 Å². The van der Waals surface area contributed by atoms with Crippen LogP contribution in [-0.2, 0) is 14.3 Å². The van der Waals surface area contributed by atoms with Crippen LogP contribution in [0.4, 0.5) is 0 Å². The summed E-state index contributed by atoms with van der Waals surface area (Å²) in [5, 5.41) is 23.4. The Kier molecular flexibility index (Phi) is 70.8. The van der Waals surface area contributed by atoms with E-state index in [1.807, 2.05) is 0 Å². The minimum atomic E-state index is -0.660. The van der Waals surface area contributed by atoms with Gasteiger partial charge in [-0.25, -0.2) is 0 Å². The highest BCUT2D eigenvalue weighted by Gasteiger charge is 2.20. The molecule has 0 bridgehead atoms. The lowest BCUT2D eigenvalue weighted by Crippen LogP contribution is -2.45. The van der Waals surface area contributed by atoms with Gasteiger partial charge >= 0.3 is 5.97 Å². The molecule has 6 nitrogen and oxygen atoms in total. The van der Waals surface area contributed by atoms with Crippen molar-refractivity contribution in [2.45, 2.75) is 450 Å². The van der Waals surface area contributed by atoms with Gasteiger partial charge in [-0.15, -0.1) is 0 Å². The van der Waals surface area contributed by atoms with Crippen LogP contribution in [0.3, 0.4) is 0 Å². The number of esters is 1. The lowest BCUT2D eigenvalue weighted by atomic mass is 10.0. The number of hydrogen-bond acceptors (Lipinski definition) is 5. The highest BCUT2D eigenvalue weighted by atomic mass is 16.5. The Bertz CT molecular complexity index is 1240. The van der Waals surface area contributed by atoms with E-state index in [0.717, 1.165) is 44.9 Å². The molecule has 6 heteroatoms. The molecule has 0 fully saturated rings. The van der Waals surface area contributed by atoms with E-state index in [0.29, 0.717) is 25.9 Å². The first kappa shape index (κ1) is 80.6. The van der Waals surface area contributed by atoms with Crippen LogP contribution in [0.1, 0.15) is 438 Å². The SMILES string of the molecule is CCCC/C=C\CCCCCCCC(=O)OCCCCCCCCCCCCCCCCCCCCCCCCCCCCCCCCCCCCCC(=O)NC(CO)C(O)CCCCCCCCCCCCCCCCCCCCC. The number of aliphatic hydroxyl groups is 2. The summed E-state index contributed by atoms with van der Waals surface area (Å²) >= 11 is 0. The fourth-order valence-electron chi connectivity index (χ4n) is 12.3. The summed E-state index contributed by atoms with van der Waals surface area (Å²) in [5.74, 6) is -0.0123. The first-order chi connectivity index (χ1) is 40.5. The Morgan fingerprint density at radius 2 is 0.585 bits per heavy atom. The van der Waals surface area contributed by atoms with Crippen molar-refractivity contribution in [2.75, 3.05) is 13.2 Å². The number of ether oxygens (including phenoxy) is 1. The lowest BCUT2D eigenvalue weighted by Gasteiger charge is -2.22. The Labute approximate surface area is 514 Å². The van der Waals surface area contributed by atoms with Gasteiger partial charge in [-0.05, 0) is 44.9 Å². The quantitative estimate of drug-likeness (QED) is 0.0320. The third-order valence-electron chi connectivity index (χ3n) is 18.1. The Hall–Kier alpha value is -1.40. The molecule has 0 radical (unpaired) electrons. The van der Waals surface area contributed by atoms with Gasteiger partial charge in [0.15, 0.2) is 0 Å². The second-order valence-corrected chi connectivity index (χ2v) is 26.3. The predicted octanol–water partition coefficient (Wildman–Crippen LogP) is 24.7.